The van der Waals surface area contributed by atoms with Crippen molar-refractivity contribution in [1.29, 1.82) is 0 Å². The van der Waals surface area contributed by atoms with Gasteiger partial charge in [-0.25, -0.2) is 0 Å². The molecule has 3 rings (SSSR count). The van der Waals surface area contributed by atoms with Gasteiger partial charge in [0.15, 0.2) is 17.3 Å². The highest BCUT2D eigenvalue weighted by molar-refractivity contribution is 5.89. The summed E-state index contributed by atoms with van der Waals surface area (Å²) < 4.78 is 11.3. The molecule has 0 amide bonds. The molecule has 0 aliphatic carbocycles. The summed E-state index contributed by atoms with van der Waals surface area (Å²) in [4.78, 5) is 26.1. The van der Waals surface area contributed by atoms with Crippen LogP contribution >= 0.6 is 0 Å². The van der Waals surface area contributed by atoms with E-state index in [2.05, 4.69) is 6.92 Å². The molecule has 0 aliphatic heterocycles. The molecule has 0 aliphatic rings. The minimum atomic E-state index is -0.793. The number of ether oxygens (including phenoxy) is 1. The summed E-state index contributed by atoms with van der Waals surface area (Å²) in [6.45, 7) is 2.28. The smallest absolute Gasteiger partial charge is 0.311 e. The first-order valence-electron chi connectivity index (χ1n) is 19.1. The predicted molar refractivity (Wildman–Crippen MR) is 197 cm³/mol. The van der Waals surface area contributed by atoms with Crippen LogP contribution in [0.25, 0.3) is 22.3 Å². The topological polar surface area (TPSA) is 137 Å². The van der Waals surface area contributed by atoms with Gasteiger partial charge in [0.25, 0.3) is 0 Å². The van der Waals surface area contributed by atoms with Crippen LogP contribution in [-0.4, -0.2) is 26.4 Å². The summed E-state index contributed by atoms with van der Waals surface area (Å²) in [5, 5.41) is 39.6. The Bertz CT molecular complexity index is 1460. The van der Waals surface area contributed by atoms with Crippen molar-refractivity contribution in [1.82, 2.24) is 0 Å². The van der Waals surface area contributed by atoms with Gasteiger partial charge in [0, 0.05) is 24.1 Å². The van der Waals surface area contributed by atoms with E-state index in [0.29, 0.717) is 6.42 Å². The van der Waals surface area contributed by atoms with E-state index in [4.69, 9.17) is 9.15 Å². The van der Waals surface area contributed by atoms with E-state index in [1.54, 1.807) is 0 Å². The molecule has 0 spiro atoms. The highest BCUT2D eigenvalue weighted by Crippen LogP contribution is 2.38. The van der Waals surface area contributed by atoms with Crippen LogP contribution in [0.4, 0.5) is 0 Å². The molecule has 49 heavy (non-hydrogen) atoms. The zero-order valence-electron chi connectivity index (χ0n) is 29.8. The lowest BCUT2D eigenvalue weighted by Crippen LogP contribution is -2.16. The first kappa shape index (κ1) is 39.8. The van der Waals surface area contributed by atoms with Crippen LogP contribution in [0.3, 0.4) is 0 Å². The second-order valence-electron chi connectivity index (χ2n) is 13.6. The number of hydrogen-bond acceptors (Lipinski definition) is 8. The lowest BCUT2D eigenvalue weighted by molar-refractivity contribution is -0.134. The summed E-state index contributed by atoms with van der Waals surface area (Å²) in [6.07, 6.45) is 29.8. The first-order valence-corrected chi connectivity index (χ1v) is 19.1. The van der Waals surface area contributed by atoms with Crippen LogP contribution in [-0.2, 0) is 4.79 Å². The predicted octanol–water partition coefficient (Wildman–Crippen LogP) is 11.6. The third-order valence-electron chi connectivity index (χ3n) is 9.36. The molecule has 0 saturated heterocycles. The zero-order chi connectivity index (χ0) is 35.3. The zero-order valence-corrected chi connectivity index (χ0v) is 29.8. The molecular formula is C41H60O8. The average Bonchev–Trinajstić information content (AvgIpc) is 3.07. The monoisotopic (exact) mass is 680 g/mol. The largest absolute Gasteiger partial charge is 0.508 e. The molecule has 0 fully saturated rings. The van der Waals surface area contributed by atoms with Crippen LogP contribution in [0, 0.1) is 0 Å². The maximum absolute atomic E-state index is 13.3. The summed E-state index contributed by atoms with van der Waals surface area (Å²) in [5.41, 5.74) is -0.752. The molecule has 2 aromatic carbocycles. The Labute approximate surface area is 292 Å². The number of rotatable bonds is 26. The van der Waals surface area contributed by atoms with Gasteiger partial charge in [-0.2, -0.15) is 0 Å². The van der Waals surface area contributed by atoms with Crippen molar-refractivity contribution in [3.63, 3.8) is 0 Å². The van der Waals surface area contributed by atoms with Gasteiger partial charge >= 0.3 is 5.97 Å². The molecule has 0 bridgehead atoms. The maximum atomic E-state index is 13.3. The number of phenolic OH excluding ortho intramolecular Hbond substituents is 4. The molecule has 0 radical (unpaired) electrons. The molecule has 0 unspecified atom stereocenters. The number of aromatic hydroxyl groups is 4. The summed E-state index contributed by atoms with van der Waals surface area (Å²) >= 11 is 0. The molecule has 0 atom stereocenters. The minimum absolute atomic E-state index is 0.110. The fourth-order valence-electron chi connectivity index (χ4n) is 6.44. The Balaban J connectivity index is 1.25. The number of fused-ring (bicyclic) bond motifs is 1. The highest BCUT2D eigenvalue weighted by Gasteiger charge is 2.23. The molecule has 3 aromatic rings. The van der Waals surface area contributed by atoms with Gasteiger partial charge in [-0.05, 0) is 24.6 Å². The van der Waals surface area contributed by atoms with Crippen LogP contribution < -0.4 is 10.2 Å². The van der Waals surface area contributed by atoms with Gasteiger partial charge in [-0.3, -0.25) is 9.59 Å². The van der Waals surface area contributed by atoms with Crippen molar-refractivity contribution in [2.45, 2.75) is 161 Å². The van der Waals surface area contributed by atoms with E-state index in [-0.39, 0.29) is 40.2 Å². The van der Waals surface area contributed by atoms with Crippen molar-refractivity contribution in [2.24, 2.45) is 0 Å². The van der Waals surface area contributed by atoms with E-state index in [1.165, 1.54) is 140 Å². The Morgan fingerprint density at radius 3 is 1.53 bits per heavy atom. The minimum Gasteiger partial charge on any atom is -0.508 e. The Kier molecular flexibility index (Phi) is 18.5. The lowest BCUT2D eigenvalue weighted by atomic mass is 10.0. The molecule has 8 nitrogen and oxygen atoms in total. The molecule has 8 heteroatoms. The normalized spacial score (nSPS) is 11.4. The van der Waals surface area contributed by atoms with Gasteiger partial charge in [-0.15, -0.1) is 0 Å². The van der Waals surface area contributed by atoms with Crippen LogP contribution in [0.5, 0.6) is 28.7 Å². The molecule has 272 valence electrons. The Morgan fingerprint density at radius 2 is 1.06 bits per heavy atom. The fraction of sp³-hybridized carbons (Fsp3) is 0.610. The van der Waals surface area contributed by atoms with E-state index >= 15 is 0 Å². The summed E-state index contributed by atoms with van der Waals surface area (Å²) in [6, 6.07) is 5.92. The standard InChI is InChI=1S/C41H60O8/c1-2-3-4-5-6-7-8-9-10-11-12-13-14-15-16-17-18-19-20-21-22-23-24-25-37(46)49-41-39(47)38-35(45)29-32(42)30-36(38)48-40(41)31-26-27-33(43)34(44)28-31/h26-30,42-45H,2-25H2,1H3. The first-order chi connectivity index (χ1) is 23.8. The van der Waals surface area contributed by atoms with Gasteiger partial charge in [0.2, 0.25) is 11.2 Å². The molecule has 1 heterocycles. The van der Waals surface area contributed by atoms with Crippen molar-refractivity contribution in [2.75, 3.05) is 0 Å². The van der Waals surface area contributed by atoms with Crippen LogP contribution in [0.2, 0.25) is 0 Å². The third-order valence-corrected chi connectivity index (χ3v) is 9.36. The van der Waals surface area contributed by atoms with Crippen LogP contribution in [0.1, 0.15) is 161 Å². The number of phenols is 4. The Morgan fingerprint density at radius 1 is 0.592 bits per heavy atom. The van der Waals surface area contributed by atoms with Crippen molar-refractivity contribution >= 4 is 16.9 Å². The third kappa shape index (κ3) is 14.4. The fourth-order valence-corrected chi connectivity index (χ4v) is 6.44. The molecule has 0 saturated carbocycles. The van der Waals surface area contributed by atoms with E-state index in [1.807, 2.05) is 0 Å². The number of carbonyl (C=O) groups is 1. The molecular weight excluding hydrogens is 620 g/mol. The summed E-state index contributed by atoms with van der Waals surface area (Å²) in [7, 11) is 0. The Hall–Kier alpha value is -3.68. The lowest BCUT2D eigenvalue weighted by Gasteiger charge is -2.12. The number of benzene rings is 2. The molecule has 1 aromatic heterocycles. The SMILES string of the molecule is CCCCCCCCCCCCCCCCCCCCCCCCCC(=O)Oc1c(-c2ccc(O)c(O)c2)oc2cc(O)cc(O)c2c1=O. The van der Waals surface area contributed by atoms with E-state index in [9.17, 15) is 30.0 Å². The highest BCUT2D eigenvalue weighted by atomic mass is 16.5. The van der Waals surface area contributed by atoms with E-state index < -0.39 is 28.6 Å². The number of esters is 1. The molecule has 4 N–H and O–H groups in total. The second-order valence-corrected chi connectivity index (χ2v) is 13.6. The van der Waals surface area contributed by atoms with Gasteiger partial charge in [-0.1, -0.05) is 148 Å². The number of unbranched alkanes of at least 4 members (excludes halogenated alkanes) is 22. The van der Waals surface area contributed by atoms with Crippen LogP contribution in [0.15, 0.2) is 39.5 Å². The van der Waals surface area contributed by atoms with Gasteiger partial charge < -0.3 is 29.6 Å². The summed E-state index contributed by atoms with van der Waals surface area (Å²) in [5.74, 6) is -2.89. The van der Waals surface area contributed by atoms with Gasteiger partial charge in [0.1, 0.15) is 22.5 Å². The number of carbonyl (C=O) groups excluding carboxylic acids is 1. The quantitative estimate of drug-likeness (QED) is 0.0373. The van der Waals surface area contributed by atoms with Crippen molar-refractivity contribution in [3.05, 3.63) is 40.6 Å². The second kappa shape index (κ2) is 22.9. The number of hydrogen-bond donors (Lipinski definition) is 4. The van der Waals surface area contributed by atoms with Crippen molar-refractivity contribution < 1.29 is 34.4 Å². The van der Waals surface area contributed by atoms with E-state index in [0.717, 1.165) is 31.4 Å². The maximum Gasteiger partial charge on any atom is 0.311 e. The average molecular weight is 681 g/mol. The van der Waals surface area contributed by atoms with Crippen molar-refractivity contribution in [3.8, 4) is 40.1 Å². The van der Waals surface area contributed by atoms with Gasteiger partial charge in [0.05, 0.1) is 0 Å².